The summed E-state index contributed by atoms with van der Waals surface area (Å²) in [7, 11) is 9.66. The van der Waals surface area contributed by atoms with Crippen molar-refractivity contribution in [1.29, 1.82) is 0 Å². The molecule has 0 aliphatic carbocycles. The van der Waals surface area contributed by atoms with Crippen LogP contribution in [0.3, 0.4) is 0 Å². The molecular formula is C115H95N10O5+5. The van der Waals surface area contributed by atoms with Crippen molar-refractivity contribution < 1.29 is 57.3 Å². The number of rotatable bonds is 5. The second kappa shape index (κ2) is 32.5. The maximum Gasteiger partial charge on any atom is 0.334 e. The first-order valence-corrected chi connectivity index (χ1v) is 43.2. The minimum atomic E-state index is -2.25. The number of aryl methyl sites for hydroxylation is 14. The Morgan fingerprint density at radius 2 is 0.669 bits per heavy atom. The molecule has 0 saturated carbocycles. The van der Waals surface area contributed by atoms with Gasteiger partial charge in [0.25, 0.3) is 0 Å². The number of fused-ring (bicyclic) bond motifs is 20. The fourth-order valence-electron chi connectivity index (χ4n) is 18.6. The molecule has 25 aromatic rings. The van der Waals surface area contributed by atoms with Crippen LogP contribution in [0.15, 0.2) is 327 Å². The molecule has 25 rings (SSSR count). The van der Waals surface area contributed by atoms with Gasteiger partial charge in [-0.2, -0.15) is 13.7 Å². The lowest BCUT2D eigenvalue weighted by atomic mass is 9.96. The van der Waals surface area contributed by atoms with Gasteiger partial charge in [0.2, 0.25) is 17.1 Å². The molecule has 0 bridgehead atoms. The summed E-state index contributed by atoms with van der Waals surface area (Å²) in [6.45, 7) is 7.72. The molecule has 15 aromatic carbocycles. The summed E-state index contributed by atoms with van der Waals surface area (Å²) in [5.41, 5.74) is 23.9. The molecule has 0 spiro atoms. The van der Waals surface area contributed by atoms with Crippen molar-refractivity contribution in [2.45, 2.75) is 69.0 Å². The molecule has 130 heavy (non-hydrogen) atoms. The van der Waals surface area contributed by atoms with E-state index in [0.29, 0.717) is 27.9 Å². The van der Waals surface area contributed by atoms with Crippen molar-refractivity contribution in [2.75, 3.05) is 0 Å². The summed E-state index contributed by atoms with van der Waals surface area (Å²) in [4.78, 5) is 22.1. The predicted octanol–water partition coefficient (Wildman–Crippen LogP) is 26.2. The summed E-state index contributed by atoms with van der Waals surface area (Å²) in [5.74, 6) is 1.60. The number of hydrogen-bond acceptors (Lipinski definition) is 10. The second-order valence-corrected chi connectivity index (χ2v) is 34.0. The number of aromatic nitrogens is 10. The van der Waals surface area contributed by atoms with E-state index in [-0.39, 0.29) is 11.3 Å². The van der Waals surface area contributed by atoms with Crippen LogP contribution in [-0.2, 0) is 35.2 Å². The average Bonchev–Trinajstić information content (AvgIpc) is 1.45. The Labute approximate surface area is 763 Å². The van der Waals surface area contributed by atoms with E-state index < -0.39 is 20.6 Å². The highest BCUT2D eigenvalue weighted by molar-refractivity contribution is 6.19. The summed E-state index contributed by atoms with van der Waals surface area (Å²) in [6.07, 6.45) is 19.3. The van der Waals surface area contributed by atoms with Crippen LogP contribution in [0, 0.1) is 69.0 Å². The van der Waals surface area contributed by atoms with Crippen molar-refractivity contribution in [1.82, 2.24) is 24.9 Å². The van der Waals surface area contributed by atoms with Crippen LogP contribution in [0.2, 0.25) is 0 Å². The van der Waals surface area contributed by atoms with Gasteiger partial charge in [-0.05, 0) is 232 Å². The Bertz CT molecular complexity index is 9150. The Kier molecular flexibility index (Phi) is 17.8. The molecule has 10 aromatic heterocycles. The summed E-state index contributed by atoms with van der Waals surface area (Å²) in [5, 5.41) is 21.8. The average molecular weight is 1710 g/mol. The van der Waals surface area contributed by atoms with Gasteiger partial charge < -0.3 is 22.1 Å². The third kappa shape index (κ3) is 14.3. The minimum absolute atomic E-state index is 0.0735. The predicted molar refractivity (Wildman–Crippen MR) is 526 cm³/mol. The molecule has 10 heterocycles. The largest absolute Gasteiger partial charge is 0.455 e. The van der Waals surface area contributed by atoms with E-state index in [9.17, 15) is 0 Å². The zero-order chi connectivity index (χ0) is 96.7. The Balaban J connectivity index is 0.000000103. The SMILES string of the molecule is Cc1cc2c(oc3cc4ccccc4cc32)c(-c2cncc[n+]2C)c1C.Cc1cc[n+](C)c(-c2c(C)ccc3c2oc2cc4ccccc4cc23)n1.[2H]C([2H])([2H])c1c[n+](C)c(-c2c(C)ccc3c2oc2cc4ccccc4cc23)cn1.[2H]C([2H])([2H])c1cc(C)c(-c2cncc[n+]2C)c2oc3cc4ccccc4cc3c12.[2H]C([2H])([2H])c1cnc(-c2c(C)ccc3c2oc2cc4ccccc4cc23)[n+](C)c1. The quantitative estimate of drug-likeness (QED) is 0.152. The van der Waals surface area contributed by atoms with Crippen molar-refractivity contribution in [3.63, 3.8) is 0 Å². The number of benzene rings is 15. The van der Waals surface area contributed by atoms with Crippen LogP contribution >= 0.6 is 0 Å². The normalized spacial score (nSPS) is 13.0. The Hall–Kier alpha value is -16.0. The van der Waals surface area contributed by atoms with Crippen molar-refractivity contribution in [3.05, 3.63) is 361 Å². The fraction of sp³-hybridized carbons (Fsp3) is 0.130. The third-order valence-corrected chi connectivity index (χ3v) is 25.4. The van der Waals surface area contributed by atoms with E-state index in [1.807, 2.05) is 159 Å². The number of nitrogens with zero attached hydrogens (tertiary/aromatic N) is 10. The van der Waals surface area contributed by atoms with Crippen molar-refractivity contribution >= 4 is 164 Å². The monoisotopic (exact) mass is 1700 g/mol. The minimum Gasteiger partial charge on any atom is -0.455 e. The lowest BCUT2D eigenvalue weighted by Crippen LogP contribution is -2.32. The molecule has 0 saturated heterocycles. The van der Waals surface area contributed by atoms with E-state index in [1.165, 1.54) is 44.3 Å². The Morgan fingerprint density at radius 3 is 1.12 bits per heavy atom. The van der Waals surface area contributed by atoms with Gasteiger partial charge in [-0.15, -0.1) is 0 Å². The highest BCUT2D eigenvalue weighted by Gasteiger charge is 2.30. The summed E-state index contributed by atoms with van der Waals surface area (Å²) < 4.78 is 111. The van der Waals surface area contributed by atoms with Crippen LogP contribution in [0.25, 0.3) is 220 Å². The van der Waals surface area contributed by atoms with Crippen LogP contribution in [0.1, 0.15) is 68.2 Å². The summed E-state index contributed by atoms with van der Waals surface area (Å²) >= 11 is 0. The van der Waals surface area contributed by atoms with Gasteiger partial charge in [0, 0.05) is 84.8 Å². The maximum atomic E-state index is 8.12. The van der Waals surface area contributed by atoms with Gasteiger partial charge >= 0.3 is 11.6 Å². The molecule has 0 aliphatic rings. The number of hydrogen-bond donors (Lipinski definition) is 0. The molecule has 0 amide bonds. The lowest BCUT2D eigenvalue weighted by molar-refractivity contribution is -0.663. The topological polar surface area (TPSA) is 150 Å². The van der Waals surface area contributed by atoms with E-state index in [0.717, 1.165) is 199 Å². The van der Waals surface area contributed by atoms with Gasteiger partial charge in [0.1, 0.15) is 88.8 Å². The van der Waals surface area contributed by atoms with Crippen LogP contribution in [0.4, 0.5) is 0 Å². The molecule has 0 atom stereocenters. The van der Waals surface area contributed by atoms with Gasteiger partial charge in [-0.3, -0.25) is 9.97 Å². The Morgan fingerprint density at radius 1 is 0.269 bits per heavy atom. The van der Waals surface area contributed by atoms with Crippen LogP contribution < -0.4 is 22.8 Å². The van der Waals surface area contributed by atoms with E-state index in [1.54, 1.807) is 52.4 Å². The van der Waals surface area contributed by atoms with Crippen LogP contribution in [-0.4, -0.2) is 24.9 Å². The molecular weight excluding hydrogens is 1600 g/mol. The van der Waals surface area contributed by atoms with Gasteiger partial charge in [-0.1, -0.05) is 164 Å². The first kappa shape index (κ1) is 71.2. The molecule has 0 radical (unpaired) electrons. The van der Waals surface area contributed by atoms with E-state index in [2.05, 4.69) is 214 Å². The first-order chi connectivity index (χ1) is 66.7. The van der Waals surface area contributed by atoms with Gasteiger partial charge in [-0.25, -0.2) is 14.1 Å². The zero-order valence-electron chi connectivity index (χ0n) is 82.9. The van der Waals surface area contributed by atoms with Gasteiger partial charge in [0.05, 0.1) is 74.2 Å². The van der Waals surface area contributed by atoms with Gasteiger partial charge in [0.15, 0.2) is 35.5 Å². The molecule has 0 N–H and O–H groups in total. The van der Waals surface area contributed by atoms with E-state index >= 15 is 0 Å². The maximum absolute atomic E-state index is 8.12. The molecule has 0 fully saturated rings. The fourth-order valence-corrected chi connectivity index (χ4v) is 18.6. The van der Waals surface area contributed by atoms with Crippen molar-refractivity contribution in [3.8, 4) is 56.5 Å². The second-order valence-electron chi connectivity index (χ2n) is 34.0. The highest BCUT2D eigenvalue weighted by atomic mass is 16.3. The molecule has 15 heteroatoms. The zero-order valence-corrected chi connectivity index (χ0v) is 73.9. The smallest absolute Gasteiger partial charge is 0.334 e. The molecule has 0 aliphatic heterocycles. The number of furan rings is 5. The molecule has 15 nitrogen and oxygen atoms in total. The lowest BCUT2D eigenvalue weighted by Gasteiger charge is -2.08. The summed E-state index contributed by atoms with van der Waals surface area (Å²) in [6, 6.07) is 81.1. The molecule has 0 unspecified atom stereocenters. The molecule has 630 valence electrons. The highest BCUT2D eigenvalue weighted by Crippen LogP contribution is 2.46. The standard InChI is InChI=1S/5C23H19N2O/c1-14-12-24-23(25(3)13-14)21-15(2)8-9-18-19-10-16-6-4-5-7-17(16)11-20(19)26-22(18)21;1-14-10-19-18-11-16-6-4-5-7-17(16)12-21(18)26-23(19)22(15(14)2)20-13-24-8-9-25(20)3;1-14-10-15(2)22(19-13-24-8-9-25(19)3)23-21(14)18-11-16-6-4-5-7-17(16)12-20(18)26-23;1-14-8-9-18-19-10-16-6-4-5-7-17(16)11-21(19)26-23(18)22(14)20-12-24-15(2)13-25(20)3;1-14-8-9-18-19-12-16-6-4-5-7-17(16)13-20(19)26-22(18)21(14)23-24-15(2)10-11-25(23)3/h5*4-13H,1-3H3/q5*+1/i1D3;;1D3;2D3;. The van der Waals surface area contributed by atoms with Crippen molar-refractivity contribution in [2.24, 2.45) is 35.2 Å². The van der Waals surface area contributed by atoms with Crippen LogP contribution in [0.5, 0.6) is 0 Å². The third-order valence-electron chi connectivity index (χ3n) is 25.4. The van der Waals surface area contributed by atoms with E-state index in [4.69, 9.17) is 39.4 Å². The first-order valence-electron chi connectivity index (χ1n) is 47.7.